The number of hydrogen-bond donors (Lipinski definition) is 0. The van der Waals surface area contributed by atoms with Crippen molar-refractivity contribution in [3.63, 3.8) is 0 Å². The molecule has 26 heavy (non-hydrogen) atoms. The Morgan fingerprint density at radius 2 is 0.962 bits per heavy atom. The molecule has 0 rings (SSSR count). The van der Waals surface area contributed by atoms with Crippen molar-refractivity contribution in [3.05, 3.63) is 23.7 Å². The predicted octanol–water partition coefficient (Wildman–Crippen LogP) is 6.02. The van der Waals surface area contributed by atoms with E-state index in [-0.39, 0.29) is 0 Å². The third kappa shape index (κ3) is 16.5. The Bertz CT molecular complexity index is 316. The highest BCUT2D eigenvalue weighted by Crippen LogP contribution is 2.11. The van der Waals surface area contributed by atoms with E-state index in [1.807, 2.05) is 12.5 Å². The lowest BCUT2D eigenvalue weighted by atomic mass is 10.1. The molecule has 0 aromatic rings. The molecular formula is C22H42O4. The van der Waals surface area contributed by atoms with Crippen LogP contribution in [0, 0.1) is 0 Å². The van der Waals surface area contributed by atoms with E-state index in [2.05, 4.69) is 27.7 Å². The Hall–Kier alpha value is -1.00. The first-order valence-electron chi connectivity index (χ1n) is 10.5. The van der Waals surface area contributed by atoms with Gasteiger partial charge in [0, 0.05) is 0 Å². The molecule has 0 aromatic carbocycles. The molecule has 154 valence electrons. The SMILES string of the molecule is CCCCC(=COCCOCCOCCO/C=C(\CC)CCCC)CC. The van der Waals surface area contributed by atoms with Crippen LogP contribution in [0.2, 0.25) is 0 Å². The van der Waals surface area contributed by atoms with Crippen molar-refractivity contribution in [1.82, 2.24) is 0 Å². The first-order chi connectivity index (χ1) is 12.8. The smallest absolute Gasteiger partial charge is 0.111 e. The van der Waals surface area contributed by atoms with Crippen LogP contribution in [0.4, 0.5) is 0 Å². The van der Waals surface area contributed by atoms with Gasteiger partial charge in [-0.15, -0.1) is 0 Å². The molecule has 0 aliphatic rings. The Morgan fingerprint density at radius 3 is 1.31 bits per heavy atom. The van der Waals surface area contributed by atoms with Gasteiger partial charge in [0.25, 0.3) is 0 Å². The molecule has 0 fully saturated rings. The average Bonchev–Trinajstić information content (AvgIpc) is 2.67. The monoisotopic (exact) mass is 370 g/mol. The van der Waals surface area contributed by atoms with E-state index in [1.165, 1.54) is 36.8 Å². The number of unbranched alkanes of at least 4 members (excludes halogenated alkanes) is 2. The molecule has 0 amide bonds. The maximum atomic E-state index is 5.55. The minimum Gasteiger partial charge on any atom is -0.499 e. The van der Waals surface area contributed by atoms with Gasteiger partial charge in [0.2, 0.25) is 0 Å². The Morgan fingerprint density at radius 1 is 0.577 bits per heavy atom. The van der Waals surface area contributed by atoms with E-state index < -0.39 is 0 Å². The highest BCUT2D eigenvalue weighted by Gasteiger charge is 1.96. The van der Waals surface area contributed by atoms with Crippen LogP contribution in [0.1, 0.15) is 79.1 Å². The van der Waals surface area contributed by atoms with E-state index in [0.29, 0.717) is 39.6 Å². The first-order valence-corrected chi connectivity index (χ1v) is 10.5. The molecule has 0 radical (unpaired) electrons. The van der Waals surface area contributed by atoms with E-state index >= 15 is 0 Å². The molecule has 0 bridgehead atoms. The second-order valence-corrected chi connectivity index (χ2v) is 6.43. The Labute approximate surface area is 161 Å². The quantitative estimate of drug-likeness (QED) is 0.206. The number of hydrogen-bond acceptors (Lipinski definition) is 4. The van der Waals surface area contributed by atoms with Crippen molar-refractivity contribution < 1.29 is 18.9 Å². The molecule has 0 aromatic heterocycles. The largest absolute Gasteiger partial charge is 0.499 e. The molecule has 0 spiro atoms. The molecule has 0 saturated heterocycles. The maximum absolute atomic E-state index is 5.55. The van der Waals surface area contributed by atoms with Crippen LogP contribution in [0.25, 0.3) is 0 Å². The fraction of sp³-hybridized carbons (Fsp3) is 0.818. The lowest BCUT2D eigenvalue weighted by Gasteiger charge is -2.08. The van der Waals surface area contributed by atoms with Crippen molar-refractivity contribution in [2.75, 3.05) is 39.6 Å². The van der Waals surface area contributed by atoms with Crippen molar-refractivity contribution in [1.29, 1.82) is 0 Å². The molecule has 4 nitrogen and oxygen atoms in total. The Balaban J connectivity index is 3.45. The predicted molar refractivity (Wildman–Crippen MR) is 109 cm³/mol. The summed E-state index contributed by atoms with van der Waals surface area (Å²) in [6, 6.07) is 0. The second kappa shape index (κ2) is 20.3. The third-order valence-electron chi connectivity index (χ3n) is 4.17. The number of rotatable bonds is 19. The molecule has 0 N–H and O–H groups in total. The van der Waals surface area contributed by atoms with E-state index in [4.69, 9.17) is 18.9 Å². The fourth-order valence-electron chi connectivity index (χ4n) is 2.34. The second-order valence-electron chi connectivity index (χ2n) is 6.43. The lowest BCUT2D eigenvalue weighted by Crippen LogP contribution is -2.10. The van der Waals surface area contributed by atoms with Crippen molar-refractivity contribution in [3.8, 4) is 0 Å². The summed E-state index contributed by atoms with van der Waals surface area (Å²) >= 11 is 0. The zero-order valence-corrected chi connectivity index (χ0v) is 17.7. The standard InChI is InChI=1S/C22H42O4/c1-5-9-11-21(7-3)19-25-17-15-23-13-14-24-16-18-26-20-22(8-4)12-10-6-2/h19-20H,5-18H2,1-4H3/b21-19+,22-20?. The van der Waals surface area contributed by atoms with Crippen LogP contribution in [-0.2, 0) is 18.9 Å². The van der Waals surface area contributed by atoms with E-state index in [0.717, 1.165) is 25.7 Å². The molecule has 4 heteroatoms. The van der Waals surface area contributed by atoms with Crippen molar-refractivity contribution in [2.24, 2.45) is 0 Å². The summed E-state index contributed by atoms with van der Waals surface area (Å²) in [5.41, 5.74) is 2.76. The number of allylic oxidation sites excluding steroid dienone is 2. The highest BCUT2D eigenvalue weighted by atomic mass is 16.6. The van der Waals surface area contributed by atoms with Crippen LogP contribution in [0.3, 0.4) is 0 Å². The van der Waals surface area contributed by atoms with Crippen LogP contribution in [-0.4, -0.2) is 39.6 Å². The molecule has 0 saturated carbocycles. The van der Waals surface area contributed by atoms with Crippen LogP contribution in [0.15, 0.2) is 23.7 Å². The minimum atomic E-state index is 0.593. The van der Waals surface area contributed by atoms with Gasteiger partial charge in [0.1, 0.15) is 13.2 Å². The van der Waals surface area contributed by atoms with Crippen molar-refractivity contribution in [2.45, 2.75) is 79.1 Å². The highest BCUT2D eigenvalue weighted by molar-refractivity contribution is 4.97. The zero-order chi connectivity index (χ0) is 19.3. The summed E-state index contributed by atoms with van der Waals surface area (Å²) < 4.78 is 22.1. The normalized spacial score (nSPS) is 12.5. The molecule has 0 aliphatic carbocycles. The van der Waals surface area contributed by atoms with Gasteiger partial charge in [0.15, 0.2) is 0 Å². The van der Waals surface area contributed by atoms with Gasteiger partial charge >= 0.3 is 0 Å². The fourth-order valence-corrected chi connectivity index (χ4v) is 2.34. The maximum Gasteiger partial charge on any atom is 0.111 e. The van der Waals surface area contributed by atoms with Crippen molar-refractivity contribution >= 4 is 0 Å². The first kappa shape index (κ1) is 25.0. The van der Waals surface area contributed by atoms with E-state index in [1.54, 1.807) is 0 Å². The van der Waals surface area contributed by atoms with Gasteiger partial charge in [-0.2, -0.15) is 0 Å². The average molecular weight is 371 g/mol. The minimum absolute atomic E-state index is 0.593. The number of ether oxygens (including phenoxy) is 4. The molecule has 0 atom stereocenters. The van der Waals surface area contributed by atoms with Crippen LogP contribution < -0.4 is 0 Å². The van der Waals surface area contributed by atoms with Gasteiger partial charge in [-0.1, -0.05) is 40.5 Å². The van der Waals surface area contributed by atoms with Gasteiger partial charge < -0.3 is 18.9 Å². The summed E-state index contributed by atoms with van der Waals surface area (Å²) in [5.74, 6) is 0. The lowest BCUT2D eigenvalue weighted by molar-refractivity contribution is 0.0181. The molecule has 0 aliphatic heterocycles. The summed E-state index contributed by atoms with van der Waals surface area (Å²) in [7, 11) is 0. The summed E-state index contributed by atoms with van der Waals surface area (Å²) in [6.45, 7) is 12.3. The molecule has 0 unspecified atom stereocenters. The van der Waals surface area contributed by atoms with Gasteiger partial charge in [0.05, 0.1) is 39.0 Å². The third-order valence-corrected chi connectivity index (χ3v) is 4.17. The Kier molecular flexibility index (Phi) is 19.5. The molecular weight excluding hydrogens is 328 g/mol. The summed E-state index contributed by atoms with van der Waals surface area (Å²) in [5, 5.41) is 0. The van der Waals surface area contributed by atoms with Crippen LogP contribution >= 0.6 is 0 Å². The topological polar surface area (TPSA) is 36.9 Å². The zero-order valence-electron chi connectivity index (χ0n) is 17.7. The summed E-state index contributed by atoms with van der Waals surface area (Å²) in [4.78, 5) is 0. The summed E-state index contributed by atoms with van der Waals surface area (Å²) in [6.07, 6.45) is 13.1. The van der Waals surface area contributed by atoms with E-state index in [9.17, 15) is 0 Å². The van der Waals surface area contributed by atoms with Gasteiger partial charge in [-0.3, -0.25) is 0 Å². The molecule has 0 heterocycles. The van der Waals surface area contributed by atoms with Crippen LogP contribution in [0.5, 0.6) is 0 Å². The van der Waals surface area contributed by atoms with Gasteiger partial charge in [-0.05, 0) is 49.7 Å². The van der Waals surface area contributed by atoms with Gasteiger partial charge in [-0.25, -0.2) is 0 Å².